The van der Waals surface area contributed by atoms with Crippen molar-refractivity contribution in [1.82, 2.24) is 0 Å². The van der Waals surface area contributed by atoms with Crippen LogP contribution in [0, 0.1) is 0 Å². The molecule has 78 valence electrons. The molecule has 1 nitrogen and oxygen atoms in total. The van der Waals surface area contributed by atoms with Crippen LogP contribution >= 0.6 is 0 Å². The van der Waals surface area contributed by atoms with Crippen molar-refractivity contribution in [2.45, 2.75) is 51.2 Å². The summed E-state index contributed by atoms with van der Waals surface area (Å²) >= 11 is 0. The first-order valence-electron chi connectivity index (χ1n) is 5.20. The summed E-state index contributed by atoms with van der Waals surface area (Å²) in [6, 6.07) is 0. The SMILES string of the molecule is C=CCCCCC(C)[Si](C)(C)OC. The highest BCUT2D eigenvalue weighted by Gasteiger charge is 2.27. The number of unbranched alkanes of at least 4 members (excludes halogenated alkanes) is 2. The number of allylic oxidation sites excluding steroid dienone is 1. The summed E-state index contributed by atoms with van der Waals surface area (Å²) in [5.74, 6) is 0. The molecule has 0 aliphatic rings. The van der Waals surface area contributed by atoms with Gasteiger partial charge in [-0.05, 0) is 31.5 Å². The summed E-state index contributed by atoms with van der Waals surface area (Å²) in [7, 11) is 0.487. The van der Waals surface area contributed by atoms with Crippen LogP contribution in [-0.4, -0.2) is 15.4 Å². The van der Waals surface area contributed by atoms with Crippen molar-refractivity contribution in [2.24, 2.45) is 0 Å². The maximum absolute atomic E-state index is 5.58. The van der Waals surface area contributed by atoms with Gasteiger partial charge in [-0.3, -0.25) is 0 Å². The van der Waals surface area contributed by atoms with Gasteiger partial charge in [0.2, 0.25) is 0 Å². The third-order valence-corrected chi connectivity index (χ3v) is 6.72. The van der Waals surface area contributed by atoms with Gasteiger partial charge in [0, 0.05) is 7.11 Å². The summed E-state index contributed by atoms with van der Waals surface area (Å²) in [4.78, 5) is 0. The fourth-order valence-electron chi connectivity index (χ4n) is 1.29. The van der Waals surface area contributed by atoms with Crippen LogP contribution in [0.3, 0.4) is 0 Å². The minimum Gasteiger partial charge on any atom is -0.420 e. The second kappa shape index (κ2) is 6.38. The highest BCUT2D eigenvalue weighted by atomic mass is 28.4. The second-order valence-electron chi connectivity index (χ2n) is 4.28. The van der Waals surface area contributed by atoms with Crippen LogP contribution in [0.4, 0.5) is 0 Å². The summed E-state index contributed by atoms with van der Waals surface area (Å²) < 4.78 is 5.58. The lowest BCUT2D eigenvalue weighted by Gasteiger charge is -2.27. The van der Waals surface area contributed by atoms with Crippen LogP contribution in [0.2, 0.25) is 18.6 Å². The molecule has 0 bridgehead atoms. The van der Waals surface area contributed by atoms with Gasteiger partial charge >= 0.3 is 0 Å². The molecule has 0 saturated carbocycles. The largest absolute Gasteiger partial charge is 0.420 e. The van der Waals surface area contributed by atoms with Crippen molar-refractivity contribution >= 4 is 8.32 Å². The van der Waals surface area contributed by atoms with Crippen LogP contribution in [-0.2, 0) is 4.43 Å². The molecular formula is C11H24OSi. The Hall–Kier alpha value is -0.0831. The lowest BCUT2D eigenvalue weighted by Crippen LogP contribution is -2.33. The van der Waals surface area contributed by atoms with E-state index < -0.39 is 8.32 Å². The molecule has 0 saturated heterocycles. The molecule has 2 heteroatoms. The quantitative estimate of drug-likeness (QED) is 0.343. The highest BCUT2D eigenvalue weighted by Crippen LogP contribution is 2.27. The predicted octanol–water partition coefficient (Wildman–Crippen LogP) is 3.97. The number of hydrogen-bond acceptors (Lipinski definition) is 1. The molecule has 0 aromatic heterocycles. The van der Waals surface area contributed by atoms with E-state index in [0.29, 0.717) is 0 Å². The maximum Gasteiger partial charge on any atom is 0.188 e. The molecule has 0 aliphatic carbocycles. The van der Waals surface area contributed by atoms with Crippen molar-refractivity contribution in [3.63, 3.8) is 0 Å². The van der Waals surface area contributed by atoms with Crippen molar-refractivity contribution in [3.05, 3.63) is 12.7 Å². The zero-order valence-corrected chi connectivity index (χ0v) is 10.6. The molecular weight excluding hydrogens is 176 g/mol. The van der Waals surface area contributed by atoms with Crippen LogP contribution in [0.5, 0.6) is 0 Å². The van der Waals surface area contributed by atoms with Gasteiger partial charge in [-0.25, -0.2) is 0 Å². The van der Waals surface area contributed by atoms with Gasteiger partial charge in [0.25, 0.3) is 0 Å². The summed E-state index contributed by atoms with van der Waals surface area (Å²) in [6.07, 6.45) is 7.06. The lowest BCUT2D eigenvalue weighted by molar-refractivity contribution is 0.387. The molecule has 0 aliphatic heterocycles. The van der Waals surface area contributed by atoms with Crippen LogP contribution in [0.25, 0.3) is 0 Å². The van der Waals surface area contributed by atoms with Crippen molar-refractivity contribution in [3.8, 4) is 0 Å². The van der Waals surface area contributed by atoms with E-state index in [0.717, 1.165) is 12.0 Å². The van der Waals surface area contributed by atoms with Gasteiger partial charge in [0.15, 0.2) is 8.32 Å². The van der Waals surface area contributed by atoms with Crippen LogP contribution in [0.1, 0.15) is 32.6 Å². The molecule has 0 aromatic carbocycles. The molecule has 0 amide bonds. The van der Waals surface area contributed by atoms with Crippen LogP contribution in [0.15, 0.2) is 12.7 Å². The van der Waals surface area contributed by atoms with E-state index in [9.17, 15) is 0 Å². The van der Waals surface area contributed by atoms with Gasteiger partial charge in [-0.1, -0.05) is 25.8 Å². The Labute approximate surface area is 84.3 Å². The minimum atomic E-state index is -1.37. The third-order valence-electron chi connectivity index (χ3n) is 3.01. The Morgan fingerprint density at radius 3 is 2.46 bits per heavy atom. The van der Waals surface area contributed by atoms with Crippen molar-refractivity contribution in [2.75, 3.05) is 7.11 Å². The van der Waals surface area contributed by atoms with E-state index in [1.807, 2.05) is 13.2 Å². The smallest absolute Gasteiger partial charge is 0.188 e. The molecule has 0 fully saturated rings. The second-order valence-corrected chi connectivity index (χ2v) is 8.88. The first kappa shape index (κ1) is 12.9. The molecule has 0 heterocycles. The standard InChI is InChI=1S/C11H24OSi/c1-6-7-8-9-10-11(2)13(4,5)12-3/h6,11H,1,7-10H2,2-5H3. The summed E-state index contributed by atoms with van der Waals surface area (Å²) in [6.45, 7) is 10.6. The van der Waals surface area contributed by atoms with E-state index in [-0.39, 0.29) is 0 Å². The Morgan fingerprint density at radius 2 is 2.00 bits per heavy atom. The van der Waals surface area contributed by atoms with Crippen LogP contribution < -0.4 is 0 Å². The molecule has 0 spiro atoms. The fraction of sp³-hybridized carbons (Fsp3) is 0.818. The van der Waals surface area contributed by atoms with E-state index in [1.54, 1.807) is 0 Å². The fourth-order valence-corrected chi connectivity index (χ4v) is 2.59. The normalized spacial score (nSPS) is 14.2. The van der Waals surface area contributed by atoms with Gasteiger partial charge in [0.1, 0.15) is 0 Å². The Balaban J connectivity index is 3.61. The van der Waals surface area contributed by atoms with Gasteiger partial charge in [-0.15, -0.1) is 6.58 Å². The summed E-state index contributed by atoms with van der Waals surface area (Å²) in [5, 5.41) is 0. The van der Waals surface area contributed by atoms with Gasteiger partial charge < -0.3 is 4.43 Å². The van der Waals surface area contributed by atoms with Crippen molar-refractivity contribution in [1.29, 1.82) is 0 Å². The molecule has 1 unspecified atom stereocenters. The van der Waals surface area contributed by atoms with E-state index >= 15 is 0 Å². The Bertz CT molecular complexity index is 143. The summed E-state index contributed by atoms with van der Waals surface area (Å²) in [5.41, 5.74) is 0.766. The third kappa shape index (κ3) is 5.27. The highest BCUT2D eigenvalue weighted by molar-refractivity contribution is 6.72. The topological polar surface area (TPSA) is 9.23 Å². The van der Waals surface area contributed by atoms with E-state index in [1.165, 1.54) is 19.3 Å². The Kier molecular flexibility index (Phi) is 6.34. The first-order valence-corrected chi connectivity index (χ1v) is 8.19. The average molecular weight is 200 g/mol. The van der Waals surface area contributed by atoms with Gasteiger partial charge in [0.05, 0.1) is 0 Å². The maximum atomic E-state index is 5.58. The number of rotatable bonds is 7. The zero-order chi connectivity index (χ0) is 10.3. The molecule has 0 rings (SSSR count). The van der Waals surface area contributed by atoms with E-state index in [2.05, 4.69) is 26.6 Å². The minimum absolute atomic E-state index is 0.766. The van der Waals surface area contributed by atoms with E-state index in [4.69, 9.17) is 4.43 Å². The predicted molar refractivity (Wildman–Crippen MR) is 62.6 cm³/mol. The molecule has 0 radical (unpaired) electrons. The molecule has 1 atom stereocenters. The van der Waals surface area contributed by atoms with Crippen molar-refractivity contribution < 1.29 is 4.43 Å². The molecule has 0 N–H and O–H groups in total. The molecule has 13 heavy (non-hydrogen) atoms. The lowest BCUT2D eigenvalue weighted by atomic mass is 10.1. The first-order chi connectivity index (χ1) is 6.04. The monoisotopic (exact) mass is 200 g/mol. The Morgan fingerprint density at radius 1 is 1.38 bits per heavy atom. The molecule has 0 aromatic rings. The van der Waals surface area contributed by atoms with Gasteiger partial charge in [-0.2, -0.15) is 0 Å². The average Bonchev–Trinajstić information content (AvgIpc) is 2.12. The zero-order valence-electron chi connectivity index (χ0n) is 9.60. The number of hydrogen-bond donors (Lipinski definition) is 0.